The zero-order chi connectivity index (χ0) is 14.3. The van der Waals surface area contributed by atoms with Gasteiger partial charge in [-0.05, 0) is 43.2 Å². The molecule has 2 saturated carbocycles. The number of carboxylic acid groups (broad SMARTS) is 1. The Bertz CT molecular complexity index is 622. The molecular formula is C13H17NO4S2. The number of nitrogens with one attached hydrogen (secondary N) is 1. The SMILES string of the molecule is O=C(O)Cc1ccc(S(=O)(=O)NC2CC3CCC2C3)s1. The first-order valence-corrected chi connectivity index (χ1v) is 9.07. The van der Waals surface area contributed by atoms with Crippen LogP contribution in [-0.2, 0) is 21.2 Å². The number of rotatable bonds is 5. The van der Waals surface area contributed by atoms with Gasteiger partial charge in [-0.2, -0.15) is 0 Å². The van der Waals surface area contributed by atoms with E-state index in [1.165, 1.54) is 12.5 Å². The Kier molecular flexibility index (Phi) is 3.60. The van der Waals surface area contributed by atoms with Gasteiger partial charge in [0.15, 0.2) is 0 Å². The lowest BCUT2D eigenvalue weighted by molar-refractivity contribution is -0.136. The largest absolute Gasteiger partial charge is 0.481 e. The molecule has 5 nitrogen and oxygen atoms in total. The molecule has 20 heavy (non-hydrogen) atoms. The highest BCUT2D eigenvalue weighted by atomic mass is 32.2. The van der Waals surface area contributed by atoms with Crippen LogP contribution in [0.2, 0.25) is 0 Å². The maximum atomic E-state index is 12.3. The Balaban J connectivity index is 1.71. The summed E-state index contributed by atoms with van der Waals surface area (Å²) in [6.07, 6.45) is 4.30. The number of carboxylic acids is 1. The third kappa shape index (κ3) is 2.75. The topological polar surface area (TPSA) is 83.5 Å². The molecule has 1 aromatic rings. The van der Waals surface area contributed by atoms with Crippen molar-refractivity contribution in [2.75, 3.05) is 0 Å². The van der Waals surface area contributed by atoms with E-state index in [1.807, 2.05) is 0 Å². The van der Waals surface area contributed by atoms with Gasteiger partial charge < -0.3 is 5.11 Å². The van der Waals surface area contributed by atoms with Gasteiger partial charge in [-0.3, -0.25) is 4.79 Å². The van der Waals surface area contributed by atoms with E-state index >= 15 is 0 Å². The molecule has 0 spiro atoms. The van der Waals surface area contributed by atoms with Crippen LogP contribution < -0.4 is 4.72 Å². The Morgan fingerprint density at radius 3 is 2.75 bits per heavy atom. The Morgan fingerprint density at radius 2 is 2.15 bits per heavy atom. The molecule has 7 heteroatoms. The second-order valence-corrected chi connectivity index (χ2v) is 8.80. The fourth-order valence-corrected chi connectivity index (χ4v) is 6.07. The van der Waals surface area contributed by atoms with Crippen LogP contribution in [0.4, 0.5) is 0 Å². The van der Waals surface area contributed by atoms with Gasteiger partial charge in [-0.15, -0.1) is 11.3 Å². The molecule has 0 aromatic carbocycles. The summed E-state index contributed by atoms with van der Waals surface area (Å²) in [5.74, 6) is 0.212. The van der Waals surface area contributed by atoms with Crippen molar-refractivity contribution in [3.63, 3.8) is 0 Å². The van der Waals surface area contributed by atoms with Crippen LogP contribution in [0.3, 0.4) is 0 Å². The van der Waals surface area contributed by atoms with Crippen molar-refractivity contribution in [2.45, 2.75) is 42.4 Å². The highest BCUT2D eigenvalue weighted by Gasteiger charge is 2.41. The van der Waals surface area contributed by atoms with Crippen molar-refractivity contribution in [3.8, 4) is 0 Å². The second-order valence-electron chi connectivity index (χ2n) is 5.69. The summed E-state index contributed by atoms with van der Waals surface area (Å²) < 4.78 is 27.7. The van der Waals surface area contributed by atoms with Crippen LogP contribution in [0.1, 0.15) is 30.6 Å². The van der Waals surface area contributed by atoms with Gasteiger partial charge in [0.25, 0.3) is 0 Å². The maximum Gasteiger partial charge on any atom is 0.308 e. The average Bonchev–Trinajstić information content (AvgIpc) is 3.02. The molecule has 0 saturated heterocycles. The van der Waals surface area contributed by atoms with Crippen molar-refractivity contribution in [1.82, 2.24) is 4.72 Å². The van der Waals surface area contributed by atoms with E-state index in [4.69, 9.17) is 5.11 Å². The van der Waals surface area contributed by atoms with Crippen molar-refractivity contribution in [3.05, 3.63) is 17.0 Å². The Hall–Kier alpha value is -0.920. The molecular weight excluding hydrogens is 298 g/mol. The smallest absolute Gasteiger partial charge is 0.308 e. The predicted molar refractivity (Wildman–Crippen MR) is 75.2 cm³/mol. The standard InChI is InChI=1S/C13H17NO4S2/c15-12(16)7-10-3-4-13(19-10)20(17,18)14-11-6-8-1-2-9(11)5-8/h3-4,8-9,11,14H,1-2,5-7H2,(H,15,16). The first-order chi connectivity index (χ1) is 9.44. The minimum Gasteiger partial charge on any atom is -0.481 e. The summed E-state index contributed by atoms with van der Waals surface area (Å²) in [6.45, 7) is 0. The summed E-state index contributed by atoms with van der Waals surface area (Å²) >= 11 is 1.04. The molecule has 0 amide bonds. The molecule has 110 valence electrons. The molecule has 1 heterocycles. The van der Waals surface area contributed by atoms with E-state index in [2.05, 4.69) is 4.72 Å². The number of aliphatic carboxylic acids is 1. The van der Waals surface area contributed by atoms with Gasteiger partial charge in [-0.1, -0.05) is 6.42 Å². The first kappa shape index (κ1) is 14.0. The molecule has 3 atom stereocenters. The zero-order valence-electron chi connectivity index (χ0n) is 10.9. The number of hydrogen-bond acceptors (Lipinski definition) is 4. The first-order valence-electron chi connectivity index (χ1n) is 6.77. The van der Waals surface area contributed by atoms with E-state index in [0.29, 0.717) is 16.7 Å². The van der Waals surface area contributed by atoms with Crippen molar-refractivity contribution < 1.29 is 18.3 Å². The lowest BCUT2D eigenvalue weighted by Crippen LogP contribution is -2.38. The van der Waals surface area contributed by atoms with Crippen molar-refractivity contribution >= 4 is 27.3 Å². The predicted octanol–water partition coefficient (Wildman–Crippen LogP) is 1.84. The number of sulfonamides is 1. The van der Waals surface area contributed by atoms with Gasteiger partial charge in [0.2, 0.25) is 10.0 Å². The van der Waals surface area contributed by atoms with E-state index < -0.39 is 16.0 Å². The fraction of sp³-hybridized carbons (Fsp3) is 0.615. The van der Waals surface area contributed by atoms with Crippen LogP contribution in [0.15, 0.2) is 16.3 Å². The zero-order valence-corrected chi connectivity index (χ0v) is 12.5. The molecule has 2 aliphatic rings. The van der Waals surface area contributed by atoms with Gasteiger partial charge in [0, 0.05) is 10.9 Å². The molecule has 0 radical (unpaired) electrons. The van der Waals surface area contributed by atoms with Crippen molar-refractivity contribution in [2.24, 2.45) is 11.8 Å². The number of carbonyl (C=O) groups is 1. The van der Waals surface area contributed by atoms with Crippen LogP contribution in [0.25, 0.3) is 0 Å². The van der Waals surface area contributed by atoms with Crippen molar-refractivity contribution in [1.29, 1.82) is 0 Å². The molecule has 2 N–H and O–H groups in total. The monoisotopic (exact) mass is 315 g/mol. The summed E-state index contributed by atoms with van der Waals surface area (Å²) in [5.41, 5.74) is 0. The summed E-state index contributed by atoms with van der Waals surface area (Å²) in [6, 6.07) is 3.14. The van der Waals surface area contributed by atoms with Gasteiger partial charge in [-0.25, -0.2) is 13.1 Å². The van der Waals surface area contributed by atoms with E-state index in [1.54, 1.807) is 6.07 Å². The molecule has 1 aromatic heterocycles. The molecule has 0 aliphatic heterocycles. The minimum atomic E-state index is -3.51. The summed E-state index contributed by atoms with van der Waals surface area (Å²) in [4.78, 5) is 11.2. The van der Waals surface area contributed by atoms with E-state index in [-0.39, 0.29) is 16.7 Å². The van der Waals surface area contributed by atoms with E-state index in [9.17, 15) is 13.2 Å². The summed E-state index contributed by atoms with van der Waals surface area (Å²) in [5, 5.41) is 8.72. The quantitative estimate of drug-likeness (QED) is 0.868. The molecule has 2 aliphatic carbocycles. The summed E-state index contributed by atoms with van der Waals surface area (Å²) in [7, 11) is -3.51. The number of fused-ring (bicyclic) bond motifs is 2. The lowest BCUT2D eigenvalue weighted by Gasteiger charge is -2.22. The van der Waals surface area contributed by atoms with Crippen LogP contribution >= 0.6 is 11.3 Å². The normalized spacial score (nSPS) is 28.9. The highest BCUT2D eigenvalue weighted by molar-refractivity contribution is 7.91. The second kappa shape index (κ2) is 5.13. The number of hydrogen-bond donors (Lipinski definition) is 2. The van der Waals surface area contributed by atoms with E-state index in [0.717, 1.165) is 30.6 Å². The lowest BCUT2D eigenvalue weighted by atomic mass is 9.96. The molecule has 2 bridgehead atoms. The van der Waals surface area contributed by atoms with Crippen LogP contribution in [0.5, 0.6) is 0 Å². The number of thiophene rings is 1. The Labute approximate surface area is 122 Å². The Morgan fingerprint density at radius 1 is 1.35 bits per heavy atom. The van der Waals surface area contributed by atoms with Crippen LogP contribution in [0, 0.1) is 11.8 Å². The maximum absolute atomic E-state index is 12.3. The van der Waals surface area contributed by atoms with Gasteiger partial charge in [0.05, 0.1) is 6.42 Å². The average molecular weight is 315 g/mol. The highest BCUT2D eigenvalue weighted by Crippen LogP contribution is 2.45. The molecule has 3 rings (SSSR count). The van der Waals surface area contributed by atoms with Gasteiger partial charge in [0.1, 0.15) is 4.21 Å². The molecule has 2 fully saturated rings. The fourth-order valence-electron chi connectivity index (χ4n) is 3.39. The third-order valence-corrected chi connectivity index (χ3v) is 7.34. The molecule has 3 unspecified atom stereocenters. The third-order valence-electron chi connectivity index (χ3n) is 4.27. The minimum absolute atomic E-state index is 0.0590. The van der Waals surface area contributed by atoms with Crippen LogP contribution in [-0.4, -0.2) is 25.5 Å². The van der Waals surface area contributed by atoms with Gasteiger partial charge >= 0.3 is 5.97 Å².